The molecule has 0 amide bonds. The molecule has 0 spiro atoms. The Morgan fingerprint density at radius 3 is 2.72 bits per heavy atom. The van der Waals surface area contributed by atoms with Gasteiger partial charge in [0, 0.05) is 13.1 Å². The Hall–Kier alpha value is -0.800. The summed E-state index contributed by atoms with van der Waals surface area (Å²) in [5.74, 6) is 1.61. The van der Waals surface area contributed by atoms with Crippen molar-refractivity contribution in [2.24, 2.45) is 11.3 Å². The fourth-order valence-corrected chi connectivity index (χ4v) is 2.60. The second-order valence-electron chi connectivity index (χ2n) is 6.05. The maximum Gasteiger partial charge on any atom is 0.129 e. The lowest BCUT2D eigenvalue weighted by Crippen LogP contribution is -2.26. The molecule has 2 rings (SSSR count). The molecular formula is C14H21ClN2O. The van der Waals surface area contributed by atoms with E-state index in [-0.39, 0.29) is 6.61 Å². The molecule has 0 radical (unpaired) electrons. The van der Waals surface area contributed by atoms with Crippen LogP contribution in [0.5, 0.6) is 0 Å². The van der Waals surface area contributed by atoms with Crippen LogP contribution in [0.4, 0.5) is 5.82 Å². The van der Waals surface area contributed by atoms with Gasteiger partial charge in [0.15, 0.2) is 0 Å². The molecule has 1 aliphatic heterocycles. The zero-order chi connectivity index (χ0) is 13.3. The number of aliphatic hydroxyl groups excluding tert-OH is 1. The van der Waals surface area contributed by atoms with Crippen LogP contribution in [0.3, 0.4) is 0 Å². The number of hydrogen-bond acceptors (Lipinski definition) is 3. The highest BCUT2D eigenvalue weighted by Gasteiger charge is 2.32. The standard InChI is InChI=1S/C14H21ClN2O/c1-14(2,3)10-6-7-17(8-10)13-5-4-11(15)12(9-18)16-13/h4-5,10,18H,6-9H2,1-3H3. The Morgan fingerprint density at radius 2 is 2.17 bits per heavy atom. The number of anilines is 1. The summed E-state index contributed by atoms with van der Waals surface area (Å²) in [5.41, 5.74) is 0.898. The normalized spacial score (nSPS) is 20.5. The molecule has 0 saturated carbocycles. The second kappa shape index (κ2) is 5.06. The number of halogens is 1. The van der Waals surface area contributed by atoms with Crippen LogP contribution in [0.1, 0.15) is 32.9 Å². The van der Waals surface area contributed by atoms with Crippen LogP contribution in [-0.4, -0.2) is 23.2 Å². The molecule has 1 N–H and O–H groups in total. The van der Waals surface area contributed by atoms with E-state index in [1.54, 1.807) is 0 Å². The van der Waals surface area contributed by atoms with Gasteiger partial charge in [-0.2, -0.15) is 0 Å². The van der Waals surface area contributed by atoms with Crippen LogP contribution in [0.2, 0.25) is 5.02 Å². The molecule has 100 valence electrons. The van der Waals surface area contributed by atoms with Crippen molar-refractivity contribution < 1.29 is 5.11 Å². The largest absolute Gasteiger partial charge is 0.390 e. The number of aromatic nitrogens is 1. The third-order valence-corrected chi connectivity index (χ3v) is 4.13. The topological polar surface area (TPSA) is 36.4 Å². The Kier molecular flexibility index (Phi) is 3.83. The Morgan fingerprint density at radius 1 is 1.44 bits per heavy atom. The average Bonchev–Trinajstić information content (AvgIpc) is 2.78. The second-order valence-corrected chi connectivity index (χ2v) is 6.46. The van der Waals surface area contributed by atoms with E-state index in [0.29, 0.717) is 22.0 Å². The summed E-state index contributed by atoms with van der Waals surface area (Å²) in [6.45, 7) is 8.81. The van der Waals surface area contributed by atoms with Crippen LogP contribution in [0.25, 0.3) is 0 Å². The fraction of sp³-hybridized carbons (Fsp3) is 0.643. The quantitative estimate of drug-likeness (QED) is 0.895. The summed E-state index contributed by atoms with van der Waals surface area (Å²) in [4.78, 5) is 6.72. The van der Waals surface area contributed by atoms with Crippen molar-refractivity contribution in [2.75, 3.05) is 18.0 Å². The summed E-state index contributed by atoms with van der Waals surface area (Å²) in [6, 6.07) is 3.76. The van der Waals surface area contributed by atoms with E-state index < -0.39 is 0 Å². The number of pyridine rings is 1. The minimum Gasteiger partial charge on any atom is -0.390 e. The van der Waals surface area contributed by atoms with Gasteiger partial charge in [-0.15, -0.1) is 0 Å². The maximum absolute atomic E-state index is 9.20. The molecule has 1 saturated heterocycles. The zero-order valence-electron chi connectivity index (χ0n) is 11.3. The molecule has 2 heterocycles. The van der Waals surface area contributed by atoms with E-state index in [0.717, 1.165) is 18.9 Å². The fourth-order valence-electron chi connectivity index (χ4n) is 2.44. The SMILES string of the molecule is CC(C)(C)C1CCN(c2ccc(Cl)c(CO)n2)C1. The molecule has 0 aromatic carbocycles. The first kappa shape index (κ1) is 13.6. The number of aliphatic hydroxyl groups is 1. The number of hydrogen-bond donors (Lipinski definition) is 1. The lowest BCUT2D eigenvalue weighted by molar-refractivity contribution is 0.263. The first-order chi connectivity index (χ1) is 8.41. The minimum absolute atomic E-state index is 0.108. The van der Waals surface area contributed by atoms with Crippen molar-refractivity contribution >= 4 is 17.4 Å². The van der Waals surface area contributed by atoms with Crippen molar-refractivity contribution in [2.45, 2.75) is 33.8 Å². The molecule has 4 heteroatoms. The monoisotopic (exact) mass is 268 g/mol. The van der Waals surface area contributed by atoms with Crippen LogP contribution in [0, 0.1) is 11.3 Å². The van der Waals surface area contributed by atoms with Gasteiger partial charge in [0.2, 0.25) is 0 Å². The molecule has 1 fully saturated rings. The van der Waals surface area contributed by atoms with Gasteiger partial charge < -0.3 is 10.0 Å². The molecule has 1 aliphatic rings. The smallest absolute Gasteiger partial charge is 0.129 e. The molecule has 1 atom stereocenters. The highest BCUT2D eigenvalue weighted by Crippen LogP contribution is 2.35. The van der Waals surface area contributed by atoms with Crippen molar-refractivity contribution in [3.8, 4) is 0 Å². The Labute approximate surface area is 114 Å². The number of rotatable bonds is 2. The number of nitrogens with zero attached hydrogens (tertiary/aromatic N) is 2. The van der Waals surface area contributed by atoms with Crippen molar-refractivity contribution in [3.05, 3.63) is 22.8 Å². The third-order valence-electron chi connectivity index (χ3n) is 3.79. The van der Waals surface area contributed by atoms with Crippen LogP contribution in [-0.2, 0) is 6.61 Å². The van der Waals surface area contributed by atoms with E-state index >= 15 is 0 Å². The summed E-state index contributed by atoms with van der Waals surface area (Å²) in [7, 11) is 0. The van der Waals surface area contributed by atoms with Crippen molar-refractivity contribution in [3.63, 3.8) is 0 Å². The van der Waals surface area contributed by atoms with E-state index in [1.165, 1.54) is 6.42 Å². The first-order valence-corrected chi connectivity index (χ1v) is 6.81. The lowest BCUT2D eigenvalue weighted by Gasteiger charge is -2.27. The molecule has 0 bridgehead atoms. The minimum atomic E-state index is -0.108. The van der Waals surface area contributed by atoms with Crippen molar-refractivity contribution in [1.29, 1.82) is 0 Å². The summed E-state index contributed by atoms with van der Waals surface area (Å²) >= 11 is 5.96. The highest BCUT2D eigenvalue weighted by atomic mass is 35.5. The zero-order valence-corrected chi connectivity index (χ0v) is 12.0. The van der Waals surface area contributed by atoms with Crippen LogP contribution >= 0.6 is 11.6 Å². The average molecular weight is 269 g/mol. The molecule has 1 unspecified atom stereocenters. The van der Waals surface area contributed by atoms with Gasteiger partial charge in [0.1, 0.15) is 5.82 Å². The van der Waals surface area contributed by atoms with Crippen LogP contribution < -0.4 is 4.90 Å². The van der Waals surface area contributed by atoms with Crippen molar-refractivity contribution in [1.82, 2.24) is 4.98 Å². The molecule has 18 heavy (non-hydrogen) atoms. The van der Waals surface area contributed by atoms with Gasteiger partial charge in [-0.3, -0.25) is 0 Å². The summed E-state index contributed by atoms with van der Waals surface area (Å²) in [5, 5.41) is 9.74. The van der Waals surface area contributed by atoms with Gasteiger partial charge >= 0.3 is 0 Å². The van der Waals surface area contributed by atoms with Gasteiger partial charge in [-0.05, 0) is 29.9 Å². The van der Waals surface area contributed by atoms with Crippen LogP contribution in [0.15, 0.2) is 12.1 Å². The lowest BCUT2D eigenvalue weighted by atomic mass is 9.80. The Bertz CT molecular complexity index is 428. The van der Waals surface area contributed by atoms with E-state index in [9.17, 15) is 5.11 Å². The molecular weight excluding hydrogens is 248 g/mol. The van der Waals surface area contributed by atoms with Gasteiger partial charge in [0.25, 0.3) is 0 Å². The van der Waals surface area contributed by atoms with E-state index in [2.05, 4.69) is 30.7 Å². The maximum atomic E-state index is 9.20. The molecule has 0 aliphatic carbocycles. The highest BCUT2D eigenvalue weighted by molar-refractivity contribution is 6.31. The summed E-state index contributed by atoms with van der Waals surface area (Å²) < 4.78 is 0. The van der Waals surface area contributed by atoms with E-state index in [1.807, 2.05) is 12.1 Å². The van der Waals surface area contributed by atoms with Gasteiger partial charge in [-0.25, -0.2) is 4.98 Å². The molecule has 3 nitrogen and oxygen atoms in total. The van der Waals surface area contributed by atoms with Gasteiger partial charge in [-0.1, -0.05) is 32.4 Å². The summed E-state index contributed by atoms with van der Waals surface area (Å²) in [6.07, 6.45) is 1.20. The molecule has 1 aromatic rings. The predicted octanol–water partition coefficient (Wildman–Crippen LogP) is 3.10. The third kappa shape index (κ3) is 2.78. The predicted molar refractivity (Wildman–Crippen MR) is 74.9 cm³/mol. The van der Waals surface area contributed by atoms with E-state index in [4.69, 9.17) is 11.6 Å². The Balaban J connectivity index is 2.14. The van der Waals surface area contributed by atoms with Gasteiger partial charge in [0.05, 0.1) is 17.3 Å². The first-order valence-electron chi connectivity index (χ1n) is 6.43. The molecule has 1 aromatic heterocycles.